The van der Waals surface area contributed by atoms with Gasteiger partial charge in [0.15, 0.2) is 5.78 Å². The second-order valence-corrected chi connectivity index (χ2v) is 5.16. The molecule has 1 N–H and O–H groups in total. The molecular weight excluding hydrogens is 206 g/mol. The summed E-state index contributed by atoms with van der Waals surface area (Å²) >= 11 is 0. The summed E-state index contributed by atoms with van der Waals surface area (Å²) in [6.07, 6.45) is 0.0457. The predicted octanol–water partition coefficient (Wildman–Crippen LogP) is 2.51. The summed E-state index contributed by atoms with van der Waals surface area (Å²) in [6.45, 7) is 10.9. The number of carbonyl (C=O) groups is 2. The van der Waals surface area contributed by atoms with E-state index in [1.165, 1.54) is 0 Å². The number of hydrogen-bond acceptors (Lipinski definition) is 3. The lowest BCUT2D eigenvalue weighted by molar-refractivity contribution is -0.124. The van der Waals surface area contributed by atoms with Crippen molar-refractivity contribution in [1.82, 2.24) is 5.32 Å². The van der Waals surface area contributed by atoms with Crippen LogP contribution in [-0.4, -0.2) is 23.5 Å². The molecule has 0 fully saturated rings. The van der Waals surface area contributed by atoms with Crippen LogP contribution in [0.2, 0.25) is 0 Å². The van der Waals surface area contributed by atoms with E-state index in [0.29, 0.717) is 6.42 Å². The van der Waals surface area contributed by atoms with E-state index in [4.69, 9.17) is 4.74 Å². The van der Waals surface area contributed by atoms with Gasteiger partial charge in [-0.3, -0.25) is 4.79 Å². The van der Waals surface area contributed by atoms with Crippen molar-refractivity contribution >= 4 is 11.9 Å². The normalized spacial score (nSPS) is 13.4. The van der Waals surface area contributed by atoms with Crippen LogP contribution in [0.25, 0.3) is 0 Å². The van der Waals surface area contributed by atoms with E-state index in [1.807, 2.05) is 20.8 Å². The number of rotatable bonds is 4. The molecule has 0 heterocycles. The quantitative estimate of drug-likeness (QED) is 0.805. The van der Waals surface area contributed by atoms with Crippen LogP contribution in [0.1, 0.15) is 48.0 Å². The SMILES string of the molecule is CCC(NC(=O)OC(C)(C)C)C(=O)C(C)C. The number of hydrogen-bond donors (Lipinski definition) is 1. The van der Waals surface area contributed by atoms with E-state index in [2.05, 4.69) is 5.32 Å². The van der Waals surface area contributed by atoms with Crippen molar-refractivity contribution in [2.24, 2.45) is 5.92 Å². The van der Waals surface area contributed by atoms with E-state index >= 15 is 0 Å². The molecule has 16 heavy (non-hydrogen) atoms. The number of ether oxygens (including phenoxy) is 1. The molecule has 1 atom stereocenters. The monoisotopic (exact) mass is 229 g/mol. The summed E-state index contributed by atoms with van der Waals surface area (Å²) in [5.41, 5.74) is -0.538. The van der Waals surface area contributed by atoms with Gasteiger partial charge in [-0.15, -0.1) is 0 Å². The van der Waals surface area contributed by atoms with Gasteiger partial charge >= 0.3 is 6.09 Å². The molecule has 0 spiro atoms. The zero-order chi connectivity index (χ0) is 12.9. The van der Waals surface area contributed by atoms with E-state index < -0.39 is 17.7 Å². The Labute approximate surface area is 97.7 Å². The van der Waals surface area contributed by atoms with Crippen LogP contribution in [0.4, 0.5) is 4.79 Å². The molecule has 0 aromatic heterocycles. The van der Waals surface area contributed by atoms with Gasteiger partial charge < -0.3 is 10.1 Å². The number of alkyl carbamates (subject to hydrolysis) is 1. The number of nitrogens with one attached hydrogen (secondary N) is 1. The lowest BCUT2D eigenvalue weighted by atomic mass is 10.0. The van der Waals surface area contributed by atoms with Gasteiger partial charge in [0.25, 0.3) is 0 Å². The topological polar surface area (TPSA) is 55.4 Å². The van der Waals surface area contributed by atoms with Crippen LogP contribution in [0.3, 0.4) is 0 Å². The van der Waals surface area contributed by atoms with Gasteiger partial charge in [0, 0.05) is 5.92 Å². The number of carbonyl (C=O) groups excluding carboxylic acids is 2. The largest absolute Gasteiger partial charge is 0.444 e. The third kappa shape index (κ3) is 5.73. The highest BCUT2D eigenvalue weighted by molar-refractivity contribution is 5.88. The highest BCUT2D eigenvalue weighted by Crippen LogP contribution is 2.08. The molecule has 1 unspecified atom stereocenters. The first kappa shape index (κ1) is 14.9. The van der Waals surface area contributed by atoms with Crippen LogP contribution >= 0.6 is 0 Å². The third-order valence-electron chi connectivity index (χ3n) is 2.01. The standard InChI is InChI=1S/C12H23NO3/c1-7-9(10(14)8(2)3)13-11(15)16-12(4,5)6/h8-9H,7H2,1-6H3,(H,13,15). The summed E-state index contributed by atoms with van der Waals surface area (Å²) in [5, 5.41) is 2.59. The van der Waals surface area contributed by atoms with Gasteiger partial charge in [-0.25, -0.2) is 4.79 Å². The molecule has 0 radical (unpaired) electrons. The average molecular weight is 229 g/mol. The number of Topliss-reactive ketones (excluding diaryl/α,β-unsaturated/α-hetero) is 1. The highest BCUT2D eigenvalue weighted by atomic mass is 16.6. The van der Waals surface area contributed by atoms with E-state index in [-0.39, 0.29) is 11.7 Å². The minimum atomic E-state index is -0.538. The summed E-state index contributed by atoms with van der Waals surface area (Å²) in [6, 6.07) is -0.449. The highest BCUT2D eigenvalue weighted by Gasteiger charge is 2.24. The minimum Gasteiger partial charge on any atom is -0.444 e. The fourth-order valence-corrected chi connectivity index (χ4v) is 1.23. The smallest absolute Gasteiger partial charge is 0.408 e. The van der Waals surface area contributed by atoms with Gasteiger partial charge in [0.1, 0.15) is 5.60 Å². The zero-order valence-electron chi connectivity index (χ0n) is 11.1. The van der Waals surface area contributed by atoms with Crippen molar-refractivity contribution in [1.29, 1.82) is 0 Å². The van der Waals surface area contributed by atoms with Crippen molar-refractivity contribution in [2.75, 3.05) is 0 Å². The second kappa shape index (κ2) is 5.87. The Hall–Kier alpha value is -1.06. The lowest BCUT2D eigenvalue weighted by Gasteiger charge is -2.23. The molecule has 0 aromatic carbocycles. The average Bonchev–Trinajstić information content (AvgIpc) is 2.09. The van der Waals surface area contributed by atoms with Crippen LogP contribution in [0, 0.1) is 5.92 Å². The van der Waals surface area contributed by atoms with Gasteiger partial charge in [0.2, 0.25) is 0 Å². The Morgan fingerprint density at radius 1 is 1.25 bits per heavy atom. The van der Waals surface area contributed by atoms with Crippen molar-refractivity contribution < 1.29 is 14.3 Å². The molecule has 0 saturated heterocycles. The maximum atomic E-state index is 11.7. The molecule has 94 valence electrons. The van der Waals surface area contributed by atoms with Crippen LogP contribution < -0.4 is 5.32 Å². The zero-order valence-corrected chi connectivity index (χ0v) is 11.1. The van der Waals surface area contributed by atoms with Crippen molar-refractivity contribution in [3.05, 3.63) is 0 Å². The second-order valence-electron chi connectivity index (χ2n) is 5.16. The molecule has 0 aliphatic carbocycles. The Balaban J connectivity index is 4.34. The molecule has 0 aliphatic heterocycles. The van der Waals surface area contributed by atoms with E-state index in [1.54, 1.807) is 20.8 Å². The van der Waals surface area contributed by atoms with Crippen LogP contribution in [-0.2, 0) is 9.53 Å². The van der Waals surface area contributed by atoms with Crippen molar-refractivity contribution in [3.8, 4) is 0 Å². The molecule has 1 amide bonds. The predicted molar refractivity (Wildman–Crippen MR) is 63.3 cm³/mol. The maximum absolute atomic E-state index is 11.7. The Morgan fingerprint density at radius 3 is 2.06 bits per heavy atom. The minimum absolute atomic E-state index is 0.0355. The number of amides is 1. The molecule has 0 aliphatic rings. The molecule has 4 heteroatoms. The summed E-state index contributed by atoms with van der Waals surface area (Å²) in [4.78, 5) is 23.2. The van der Waals surface area contributed by atoms with Crippen molar-refractivity contribution in [2.45, 2.75) is 59.6 Å². The Bertz CT molecular complexity index is 253. The summed E-state index contributed by atoms with van der Waals surface area (Å²) in [5.74, 6) is -0.0479. The van der Waals surface area contributed by atoms with Gasteiger partial charge in [-0.05, 0) is 27.2 Å². The first-order chi connectivity index (χ1) is 7.17. The third-order valence-corrected chi connectivity index (χ3v) is 2.01. The first-order valence-electron chi connectivity index (χ1n) is 5.70. The summed E-state index contributed by atoms with van der Waals surface area (Å²) in [7, 11) is 0. The molecule has 4 nitrogen and oxygen atoms in total. The van der Waals surface area contributed by atoms with Crippen LogP contribution in [0.15, 0.2) is 0 Å². The molecule has 0 bridgehead atoms. The molecule has 0 aromatic rings. The fourth-order valence-electron chi connectivity index (χ4n) is 1.23. The van der Waals surface area contributed by atoms with Gasteiger partial charge in [-0.2, -0.15) is 0 Å². The molecular formula is C12H23NO3. The molecule has 0 saturated carbocycles. The lowest BCUT2D eigenvalue weighted by Crippen LogP contribution is -2.44. The number of ketones is 1. The van der Waals surface area contributed by atoms with E-state index in [9.17, 15) is 9.59 Å². The van der Waals surface area contributed by atoms with Crippen LogP contribution in [0.5, 0.6) is 0 Å². The van der Waals surface area contributed by atoms with Gasteiger partial charge in [0.05, 0.1) is 6.04 Å². The summed E-state index contributed by atoms with van der Waals surface area (Å²) < 4.78 is 5.10. The van der Waals surface area contributed by atoms with E-state index in [0.717, 1.165) is 0 Å². The maximum Gasteiger partial charge on any atom is 0.408 e. The van der Waals surface area contributed by atoms with Crippen molar-refractivity contribution in [3.63, 3.8) is 0 Å². The fraction of sp³-hybridized carbons (Fsp3) is 0.833. The Morgan fingerprint density at radius 2 is 1.75 bits per heavy atom. The first-order valence-corrected chi connectivity index (χ1v) is 5.70. The van der Waals surface area contributed by atoms with Gasteiger partial charge in [-0.1, -0.05) is 20.8 Å². The Kier molecular flexibility index (Phi) is 5.48. The molecule has 0 rings (SSSR count).